The maximum absolute atomic E-state index is 12.6. The molecule has 0 saturated carbocycles. The molecule has 3 N–H and O–H groups in total. The number of benzene rings is 1. The van der Waals surface area contributed by atoms with E-state index in [1.54, 1.807) is 18.1 Å². The van der Waals surface area contributed by atoms with E-state index in [1.165, 1.54) is 6.26 Å². The molecule has 0 saturated heterocycles. The number of nitrogens with zero attached hydrogens (tertiary/aromatic N) is 2. The van der Waals surface area contributed by atoms with Crippen molar-refractivity contribution in [1.29, 1.82) is 0 Å². The lowest BCUT2D eigenvalue weighted by Crippen LogP contribution is -2.50. The van der Waals surface area contributed by atoms with Crippen molar-refractivity contribution in [1.82, 2.24) is 5.32 Å². The summed E-state index contributed by atoms with van der Waals surface area (Å²) in [5.74, 6) is 0.974. The van der Waals surface area contributed by atoms with Crippen molar-refractivity contribution in [3.8, 4) is 5.75 Å². The number of hydrogen-bond acceptors (Lipinski definition) is 6. The Morgan fingerprint density at radius 3 is 2.67 bits per heavy atom. The number of nitrogens with one attached hydrogen (secondary N) is 1. The third kappa shape index (κ3) is 2.85. The number of nitrogens with two attached hydrogens (primary N) is 1. The third-order valence-electron chi connectivity index (χ3n) is 3.68. The first-order valence-corrected chi connectivity index (χ1v) is 7.67. The van der Waals surface area contributed by atoms with Crippen molar-refractivity contribution < 1.29 is 13.9 Å². The van der Waals surface area contributed by atoms with Gasteiger partial charge in [-0.2, -0.15) is 4.99 Å². The SMILES string of the molecule is COc1ccc(N2C(C(=O)NC(C)C)=Nc3occc3C2N)cc1. The van der Waals surface area contributed by atoms with Crippen LogP contribution in [0.15, 0.2) is 46.0 Å². The van der Waals surface area contributed by atoms with E-state index in [4.69, 9.17) is 14.9 Å². The predicted octanol–water partition coefficient (Wildman–Crippen LogP) is 2.32. The van der Waals surface area contributed by atoms with Crippen LogP contribution in [0.2, 0.25) is 0 Å². The predicted molar refractivity (Wildman–Crippen MR) is 91.5 cm³/mol. The van der Waals surface area contributed by atoms with Gasteiger partial charge in [0.2, 0.25) is 11.7 Å². The molecule has 1 aromatic heterocycles. The van der Waals surface area contributed by atoms with Gasteiger partial charge in [0.15, 0.2) is 0 Å². The average molecular weight is 328 g/mol. The number of fused-ring (bicyclic) bond motifs is 1. The van der Waals surface area contributed by atoms with Crippen LogP contribution in [0.1, 0.15) is 25.6 Å². The van der Waals surface area contributed by atoms with E-state index in [0.717, 1.165) is 17.0 Å². The van der Waals surface area contributed by atoms with Crippen LogP contribution in [0.25, 0.3) is 0 Å². The Morgan fingerprint density at radius 2 is 2.04 bits per heavy atom. The summed E-state index contributed by atoms with van der Waals surface area (Å²) in [6, 6.07) is 9.03. The highest BCUT2D eigenvalue weighted by Gasteiger charge is 2.34. The maximum atomic E-state index is 12.6. The first-order chi connectivity index (χ1) is 11.5. The largest absolute Gasteiger partial charge is 0.497 e. The minimum atomic E-state index is -0.572. The summed E-state index contributed by atoms with van der Waals surface area (Å²) < 4.78 is 10.5. The lowest BCUT2D eigenvalue weighted by molar-refractivity contribution is -0.115. The summed E-state index contributed by atoms with van der Waals surface area (Å²) in [6.45, 7) is 3.77. The van der Waals surface area contributed by atoms with Gasteiger partial charge in [0, 0.05) is 11.7 Å². The fourth-order valence-corrected chi connectivity index (χ4v) is 2.56. The number of furan rings is 1. The van der Waals surface area contributed by atoms with Crippen LogP contribution in [-0.4, -0.2) is 24.9 Å². The Hall–Kier alpha value is -2.80. The quantitative estimate of drug-likeness (QED) is 0.898. The highest BCUT2D eigenvalue weighted by molar-refractivity contribution is 6.44. The second-order valence-corrected chi connectivity index (χ2v) is 5.76. The molecule has 2 aromatic rings. The van der Waals surface area contributed by atoms with Crippen molar-refractivity contribution >= 4 is 23.3 Å². The van der Waals surface area contributed by atoms with Gasteiger partial charge < -0.3 is 25.1 Å². The highest BCUT2D eigenvalue weighted by Crippen LogP contribution is 2.36. The molecule has 126 valence electrons. The first-order valence-electron chi connectivity index (χ1n) is 7.67. The molecule has 1 unspecified atom stereocenters. The molecule has 3 rings (SSSR count). The van der Waals surface area contributed by atoms with Gasteiger partial charge in [-0.1, -0.05) is 0 Å². The minimum Gasteiger partial charge on any atom is -0.497 e. The summed E-state index contributed by atoms with van der Waals surface area (Å²) in [6.07, 6.45) is 0.946. The zero-order chi connectivity index (χ0) is 17.3. The number of hydrogen-bond donors (Lipinski definition) is 2. The van der Waals surface area contributed by atoms with Gasteiger partial charge in [-0.05, 0) is 44.2 Å². The number of ether oxygens (including phenoxy) is 1. The Balaban J connectivity index is 2.04. The van der Waals surface area contributed by atoms with Crippen LogP contribution >= 0.6 is 0 Å². The van der Waals surface area contributed by atoms with Gasteiger partial charge in [-0.3, -0.25) is 4.79 Å². The molecule has 0 fully saturated rings. The first kappa shape index (κ1) is 16.1. The number of carbonyl (C=O) groups is 1. The summed E-state index contributed by atoms with van der Waals surface area (Å²) in [5, 5.41) is 2.85. The molecule has 24 heavy (non-hydrogen) atoms. The molecular weight excluding hydrogens is 308 g/mol. The normalized spacial score (nSPS) is 16.6. The summed E-state index contributed by atoms with van der Waals surface area (Å²) >= 11 is 0. The zero-order valence-corrected chi connectivity index (χ0v) is 13.8. The fourth-order valence-electron chi connectivity index (χ4n) is 2.56. The lowest BCUT2D eigenvalue weighted by Gasteiger charge is -2.33. The average Bonchev–Trinajstić information content (AvgIpc) is 3.03. The van der Waals surface area contributed by atoms with Crippen LogP contribution in [0.5, 0.6) is 5.75 Å². The molecule has 0 spiro atoms. The number of aliphatic imine (C=N–C) groups is 1. The second kappa shape index (κ2) is 6.37. The zero-order valence-electron chi connectivity index (χ0n) is 13.8. The Labute approximate surface area is 140 Å². The summed E-state index contributed by atoms with van der Waals surface area (Å²) in [7, 11) is 1.60. The molecular formula is C17H20N4O3. The van der Waals surface area contributed by atoms with E-state index in [9.17, 15) is 4.79 Å². The molecule has 1 aliphatic rings. The number of carbonyl (C=O) groups excluding carboxylic acids is 1. The van der Waals surface area contributed by atoms with Crippen LogP contribution in [0, 0.1) is 0 Å². The smallest absolute Gasteiger partial charge is 0.287 e. The van der Waals surface area contributed by atoms with Crippen LogP contribution in [0.3, 0.4) is 0 Å². The van der Waals surface area contributed by atoms with Crippen LogP contribution < -0.4 is 20.7 Å². The molecule has 2 heterocycles. The molecule has 7 heteroatoms. The summed E-state index contributed by atoms with van der Waals surface area (Å²) in [5.41, 5.74) is 7.84. The van der Waals surface area contributed by atoms with E-state index in [1.807, 2.05) is 38.1 Å². The molecule has 0 radical (unpaired) electrons. The standard InChI is InChI=1S/C17H20N4O3/c1-10(2)19-16(22)15-20-17-13(8-9-24-17)14(18)21(15)11-4-6-12(23-3)7-5-11/h4-10,14H,18H2,1-3H3,(H,19,22). The number of methoxy groups -OCH3 is 1. The van der Waals surface area contributed by atoms with E-state index in [-0.39, 0.29) is 17.8 Å². The van der Waals surface area contributed by atoms with E-state index in [0.29, 0.717) is 5.88 Å². The Kier molecular flexibility index (Phi) is 4.26. The second-order valence-electron chi connectivity index (χ2n) is 5.76. The maximum Gasteiger partial charge on any atom is 0.287 e. The molecule has 1 aromatic carbocycles. The molecule has 1 aliphatic heterocycles. The van der Waals surface area contributed by atoms with Gasteiger partial charge in [0.1, 0.15) is 11.9 Å². The van der Waals surface area contributed by atoms with Gasteiger partial charge in [0.05, 0.1) is 18.9 Å². The van der Waals surface area contributed by atoms with E-state index < -0.39 is 6.17 Å². The van der Waals surface area contributed by atoms with Crippen molar-refractivity contribution in [3.05, 3.63) is 42.2 Å². The van der Waals surface area contributed by atoms with E-state index >= 15 is 0 Å². The topological polar surface area (TPSA) is 93.1 Å². The van der Waals surface area contributed by atoms with Gasteiger partial charge in [-0.15, -0.1) is 0 Å². The van der Waals surface area contributed by atoms with Crippen molar-refractivity contribution in [3.63, 3.8) is 0 Å². The van der Waals surface area contributed by atoms with Crippen LogP contribution in [0.4, 0.5) is 11.6 Å². The van der Waals surface area contributed by atoms with Crippen molar-refractivity contribution in [2.45, 2.75) is 26.1 Å². The summed E-state index contributed by atoms with van der Waals surface area (Å²) in [4.78, 5) is 18.6. The monoisotopic (exact) mass is 328 g/mol. The Morgan fingerprint density at radius 1 is 1.33 bits per heavy atom. The number of amides is 1. The van der Waals surface area contributed by atoms with Gasteiger partial charge >= 0.3 is 0 Å². The fraction of sp³-hybridized carbons (Fsp3) is 0.294. The van der Waals surface area contributed by atoms with Gasteiger partial charge in [0.25, 0.3) is 5.91 Å². The molecule has 7 nitrogen and oxygen atoms in total. The minimum absolute atomic E-state index is 0.0212. The number of anilines is 1. The molecule has 0 bridgehead atoms. The van der Waals surface area contributed by atoms with E-state index in [2.05, 4.69) is 10.3 Å². The number of amidine groups is 1. The van der Waals surface area contributed by atoms with Crippen molar-refractivity contribution in [2.75, 3.05) is 12.0 Å². The van der Waals surface area contributed by atoms with Crippen molar-refractivity contribution in [2.24, 2.45) is 10.7 Å². The molecule has 0 aliphatic carbocycles. The highest BCUT2D eigenvalue weighted by atomic mass is 16.5. The Bertz CT molecular complexity index is 764. The molecule has 1 atom stereocenters. The lowest BCUT2D eigenvalue weighted by atomic mass is 10.1. The van der Waals surface area contributed by atoms with Crippen LogP contribution in [-0.2, 0) is 4.79 Å². The van der Waals surface area contributed by atoms with Gasteiger partial charge in [-0.25, -0.2) is 0 Å². The third-order valence-corrected chi connectivity index (χ3v) is 3.68. The molecule has 1 amide bonds. The number of rotatable bonds is 4.